The highest BCUT2D eigenvalue weighted by Gasteiger charge is 2.58. The Bertz CT molecular complexity index is 2730. The van der Waals surface area contributed by atoms with Crippen LogP contribution in [0.1, 0.15) is 140 Å². The van der Waals surface area contributed by atoms with Crippen molar-refractivity contribution < 1.29 is 48.2 Å². The molecule has 0 aromatic heterocycles. The Morgan fingerprint density at radius 3 is 1.80 bits per heavy atom. The summed E-state index contributed by atoms with van der Waals surface area (Å²) in [5.41, 5.74) is 21.6. The fraction of sp³-hybridized carbons (Fsp3) is 0.544. The van der Waals surface area contributed by atoms with Crippen LogP contribution in [-0.4, -0.2) is 77.4 Å². The summed E-state index contributed by atoms with van der Waals surface area (Å²) in [5, 5.41) is 25.8. The van der Waals surface area contributed by atoms with Crippen molar-refractivity contribution >= 4 is 64.7 Å². The van der Waals surface area contributed by atoms with Crippen LogP contribution in [0.25, 0.3) is 0 Å². The predicted octanol–water partition coefficient (Wildman–Crippen LogP) is 6.20. The summed E-state index contributed by atoms with van der Waals surface area (Å²) in [6.45, 7) is 11.9. The number of hydrogen-bond donors (Lipinski definition) is 10. The van der Waals surface area contributed by atoms with Gasteiger partial charge in [-0.05, 0) is 157 Å². The first-order chi connectivity index (χ1) is 35.9. The number of aryl methyl sites for hydroxylation is 2. The summed E-state index contributed by atoms with van der Waals surface area (Å²) in [4.78, 5) is 105. The zero-order chi connectivity index (χ0) is 55.3. The number of imide groups is 1. The quantitative estimate of drug-likeness (QED) is 0.0387. The number of aliphatic carboxylic acids is 1. The maximum atomic E-state index is 14.7. The number of carboxylic acids is 1. The number of ether oxygens (including phenoxy) is 1. The number of carbonyl (C=O) groups is 8. The second kappa shape index (κ2) is 23.1. The number of nitrogens with two attached hydrogens (primary N) is 3. The van der Waals surface area contributed by atoms with Gasteiger partial charge in [-0.1, -0.05) is 78.6 Å². The normalized spacial score (nSPS) is 25.5. The molecule has 3 aromatic carbocycles. The fourth-order valence-electron chi connectivity index (χ4n) is 13.2. The Balaban J connectivity index is 0.965. The maximum absolute atomic E-state index is 14.7. The van der Waals surface area contributed by atoms with E-state index in [2.05, 4.69) is 57.9 Å². The van der Waals surface area contributed by atoms with Gasteiger partial charge >= 0.3 is 18.1 Å². The Morgan fingerprint density at radius 1 is 0.697 bits per heavy atom. The van der Waals surface area contributed by atoms with E-state index in [1.165, 1.54) is 11.1 Å². The first-order valence-corrected chi connectivity index (χ1v) is 26.7. The van der Waals surface area contributed by atoms with E-state index in [-0.39, 0.29) is 54.6 Å². The number of primary amides is 1. The number of nitrogens with one attached hydrogen (secondary N) is 6. The molecule has 0 heterocycles. The Hall–Kier alpha value is -7.02. The molecule has 410 valence electrons. The molecule has 3 aromatic rings. The molecule has 0 radical (unpaired) electrons. The molecular weight excluding hydrogens is 971 g/mol. The molecule has 0 saturated heterocycles. The van der Waals surface area contributed by atoms with E-state index < -0.39 is 76.6 Å². The van der Waals surface area contributed by atoms with E-state index in [4.69, 9.17) is 21.9 Å². The molecule has 7 rings (SSSR count). The number of nitrogen functional groups attached to an aromatic ring is 1. The van der Waals surface area contributed by atoms with Crippen molar-refractivity contribution in [3.63, 3.8) is 0 Å². The number of urea groups is 1. The fourth-order valence-corrected chi connectivity index (χ4v) is 13.2. The van der Waals surface area contributed by atoms with Gasteiger partial charge in [-0.25, -0.2) is 9.59 Å². The van der Waals surface area contributed by atoms with Crippen molar-refractivity contribution in [2.24, 2.45) is 40.1 Å². The van der Waals surface area contributed by atoms with Crippen LogP contribution in [0.5, 0.6) is 0 Å². The lowest BCUT2D eigenvalue weighted by atomic mass is 9.49. The molecule has 76 heavy (non-hydrogen) atoms. The van der Waals surface area contributed by atoms with Crippen molar-refractivity contribution in [1.82, 2.24) is 21.3 Å². The van der Waals surface area contributed by atoms with Gasteiger partial charge < -0.3 is 53.6 Å². The number of benzene rings is 3. The highest BCUT2D eigenvalue weighted by molar-refractivity contribution is 6.01. The lowest BCUT2D eigenvalue weighted by Crippen LogP contribution is -2.60. The van der Waals surface area contributed by atoms with Gasteiger partial charge in [-0.2, -0.15) is 0 Å². The van der Waals surface area contributed by atoms with E-state index in [1.807, 2.05) is 32.0 Å². The highest BCUT2D eigenvalue weighted by atomic mass is 16.5. The van der Waals surface area contributed by atoms with Gasteiger partial charge in [-0.15, -0.1) is 0 Å². The molecule has 2 saturated carbocycles. The van der Waals surface area contributed by atoms with Crippen LogP contribution < -0.4 is 49.1 Å². The molecule has 19 heteroatoms. The van der Waals surface area contributed by atoms with Gasteiger partial charge in [0.05, 0.1) is 23.3 Å². The van der Waals surface area contributed by atoms with Crippen molar-refractivity contribution in [3.05, 3.63) is 88.5 Å². The monoisotopic (exact) mass is 1050 g/mol. The molecule has 0 unspecified atom stereocenters. The van der Waals surface area contributed by atoms with Crippen molar-refractivity contribution in [1.29, 1.82) is 0 Å². The first kappa shape index (κ1) is 56.7. The second-order valence-corrected chi connectivity index (χ2v) is 22.9. The molecule has 13 N–H and O–H groups in total. The molecule has 2 fully saturated rings. The SMILES string of the molecule is CC(C)[C@H](N)C(=O)N[C@@H](CCCNC(N)=O)C(=O)Nc1ccc(COC(=O)N[C@@H](CC(=O)O)C(=O)Nc2ccc3c(c2)[C@@]2(C)CCC[C@](C)(C(=O)NC(=O)[C@@]4(C)CCC[C@]5(C)c6cc(N)ccc6CC[C@@H]45)[C@@H]2CC3)cc1. The average Bonchev–Trinajstić information content (AvgIpc) is 3.47. The average molecular weight is 1050 g/mol. The van der Waals surface area contributed by atoms with Crippen LogP contribution in [0.4, 0.5) is 26.7 Å². The van der Waals surface area contributed by atoms with Crippen LogP contribution in [0.2, 0.25) is 0 Å². The Morgan fingerprint density at radius 2 is 1.24 bits per heavy atom. The van der Waals surface area contributed by atoms with Gasteiger partial charge in [0.1, 0.15) is 18.7 Å². The summed E-state index contributed by atoms with van der Waals surface area (Å²) in [6, 6.07) is 14.0. The molecule has 0 bridgehead atoms. The molecule has 4 aliphatic rings. The van der Waals surface area contributed by atoms with Gasteiger partial charge in [0.2, 0.25) is 29.5 Å². The summed E-state index contributed by atoms with van der Waals surface area (Å²) < 4.78 is 5.38. The van der Waals surface area contributed by atoms with E-state index >= 15 is 0 Å². The minimum absolute atomic E-state index is 0.0384. The largest absolute Gasteiger partial charge is 0.481 e. The van der Waals surface area contributed by atoms with Crippen molar-refractivity contribution in [2.75, 3.05) is 22.9 Å². The number of fused-ring (bicyclic) bond motifs is 6. The minimum atomic E-state index is -1.51. The lowest BCUT2D eigenvalue weighted by Gasteiger charge is -2.56. The highest BCUT2D eigenvalue weighted by Crippen LogP contribution is 2.60. The Kier molecular flexibility index (Phi) is 17.2. The number of rotatable bonds is 18. The van der Waals surface area contributed by atoms with Gasteiger partial charge in [0, 0.05) is 23.6 Å². The number of carbonyl (C=O) groups excluding carboxylic acids is 7. The summed E-state index contributed by atoms with van der Waals surface area (Å²) in [5.74, 6) is -3.87. The van der Waals surface area contributed by atoms with Crippen molar-refractivity contribution in [2.45, 2.75) is 161 Å². The second-order valence-electron chi connectivity index (χ2n) is 22.9. The molecule has 8 amide bonds. The topological polar surface area (TPSA) is 316 Å². The number of alkyl carbamates (subject to hydrolysis) is 1. The molecule has 4 aliphatic carbocycles. The minimum Gasteiger partial charge on any atom is -0.481 e. The van der Waals surface area contributed by atoms with E-state index in [0.29, 0.717) is 48.3 Å². The number of anilines is 3. The third kappa shape index (κ3) is 12.1. The molecular formula is C57H77N9O10. The first-order valence-electron chi connectivity index (χ1n) is 26.7. The van der Waals surface area contributed by atoms with Gasteiger partial charge in [-0.3, -0.25) is 34.1 Å². The molecule has 0 spiro atoms. The smallest absolute Gasteiger partial charge is 0.408 e. The standard InChI is InChI=1S/C57H77N9O10/c1-32(2)46(59)49(71)64-41(10-7-27-61-52(60)74)47(69)62-37-18-11-33(12-19-37)31-76-53(75)65-42(30-45(67)68)48(70)63-38-20-14-35-16-22-44-55(4,40(35)29-38)24-9-26-57(44,6)51(73)66-50(72)56(5)25-8-23-54(3)39-28-36(58)17-13-34(39)15-21-43(54)56/h11-14,17-20,28-29,32,41-44,46H,7-10,15-16,21-27,30-31,58-59H2,1-6H3,(H,62,69)(H,63,70)(H,64,71)(H,65,75)(H,67,68)(H3,60,61,74)(H,66,72,73)/t41-,42-,43+,44+,46-,54+,55+,56-,57-/m0/s1. The van der Waals surface area contributed by atoms with Crippen LogP contribution in [0, 0.1) is 28.6 Å². The Labute approximate surface area is 444 Å². The third-order valence-electron chi connectivity index (χ3n) is 17.5. The lowest BCUT2D eigenvalue weighted by molar-refractivity contribution is -0.150. The zero-order valence-electron chi connectivity index (χ0n) is 44.7. The van der Waals surface area contributed by atoms with E-state index in [9.17, 15) is 43.5 Å². The van der Waals surface area contributed by atoms with Crippen molar-refractivity contribution in [3.8, 4) is 0 Å². The van der Waals surface area contributed by atoms with Crippen LogP contribution in [-0.2, 0) is 63.8 Å². The van der Waals surface area contributed by atoms with Gasteiger partial charge in [0.15, 0.2) is 0 Å². The zero-order valence-corrected chi connectivity index (χ0v) is 44.7. The molecule has 9 atom stereocenters. The van der Waals surface area contributed by atoms with E-state index in [1.54, 1.807) is 44.2 Å². The van der Waals surface area contributed by atoms with Crippen LogP contribution >= 0.6 is 0 Å². The molecule has 19 nitrogen and oxygen atoms in total. The summed E-state index contributed by atoms with van der Waals surface area (Å²) in [7, 11) is 0. The van der Waals surface area contributed by atoms with Crippen LogP contribution in [0.3, 0.4) is 0 Å². The summed E-state index contributed by atoms with van der Waals surface area (Å²) in [6.07, 6.45) is 6.47. The molecule has 0 aliphatic heterocycles. The third-order valence-corrected chi connectivity index (χ3v) is 17.5. The summed E-state index contributed by atoms with van der Waals surface area (Å²) >= 11 is 0. The number of amides is 8. The maximum Gasteiger partial charge on any atom is 0.408 e. The van der Waals surface area contributed by atoms with Crippen LogP contribution in [0.15, 0.2) is 60.7 Å². The predicted molar refractivity (Wildman–Crippen MR) is 287 cm³/mol. The number of carboxylic acid groups (broad SMARTS) is 1. The van der Waals surface area contributed by atoms with Gasteiger partial charge in [0.25, 0.3) is 0 Å². The van der Waals surface area contributed by atoms with E-state index in [0.717, 1.165) is 56.1 Å². The number of hydrogen-bond acceptors (Lipinski definition) is 11.